The van der Waals surface area contributed by atoms with Crippen LogP contribution in [0.15, 0.2) is 60.7 Å². The van der Waals surface area contributed by atoms with Crippen LogP contribution in [0.5, 0.6) is 23.0 Å². The van der Waals surface area contributed by atoms with E-state index >= 15 is 0 Å². The molecule has 4 atom stereocenters. The average Bonchev–Trinajstić information content (AvgIpc) is 3.68. The second-order valence-electron chi connectivity index (χ2n) is 16.7. The normalized spacial score (nSPS) is 16.8. The second kappa shape index (κ2) is 18.9. The number of aliphatic hydroxyl groups is 1. The van der Waals surface area contributed by atoms with Crippen LogP contribution in [0.25, 0.3) is 22.3 Å². The summed E-state index contributed by atoms with van der Waals surface area (Å²) < 4.78 is 32.3. The molecule has 2 aliphatic carbocycles. The quantitative estimate of drug-likeness (QED) is 0.0565. The summed E-state index contributed by atoms with van der Waals surface area (Å²) in [4.78, 5) is 0. The van der Waals surface area contributed by atoms with E-state index in [0.717, 1.165) is 70.2 Å². The minimum absolute atomic E-state index is 0.0281. The van der Waals surface area contributed by atoms with Gasteiger partial charge in [0.2, 0.25) is 0 Å². The van der Waals surface area contributed by atoms with Crippen LogP contribution in [0.2, 0.25) is 0 Å². The van der Waals surface area contributed by atoms with Crippen molar-refractivity contribution in [3.8, 4) is 45.3 Å². The number of fused-ring (bicyclic) bond motifs is 10. The molecule has 6 rings (SSSR count). The third-order valence-electron chi connectivity index (χ3n) is 12.3. The summed E-state index contributed by atoms with van der Waals surface area (Å²) in [7, 11) is -2.99. The standard InChI is InChI=1S/C47H62B2O9/c1-9-29(5)25-54-43-21-37-38-22-44(55-26-30(6)10-2)46(57-28-32(8)12-4)24-42(38)47(41(37)23-45(43)56-27-31(7)11-3)39-19-33(48(51)52)13-15-35(39)36-16-14-34(20-40(36)47)49(53)58-18-17-50/h13-16,19-24,29-32,50-53H,9-12,17-18,25-28H2,1-8H3. The SMILES string of the molecule is CCC(C)COc1cc2c(cc1OCC(C)CC)C1(c3cc(B(O)O)ccc3-c3ccc(B(O)OCCO)cc31)c1cc(OCC(C)CC)c(OCC(C)CC)cc1-2. The third-order valence-corrected chi connectivity index (χ3v) is 12.3. The molecule has 4 unspecified atom stereocenters. The molecule has 11 heteroatoms. The predicted molar refractivity (Wildman–Crippen MR) is 233 cm³/mol. The lowest BCUT2D eigenvalue weighted by atomic mass is 9.67. The van der Waals surface area contributed by atoms with Crippen molar-refractivity contribution in [1.82, 2.24) is 0 Å². The van der Waals surface area contributed by atoms with E-state index in [1.807, 2.05) is 30.3 Å². The highest BCUT2D eigenvalue weighted by Gasteiger charge is 2.53. The molecule has 0 saturated carbocycles. The lowest BCUT2D eigenvalue weighted by molar-refractivity contribution is 0.183. The molecule has 0 bridgehead atoms. The smallest absolute Gasteiger partial charge is 0.489 e. The Morgan fingerprint density at radius 3 is 1.24 bits per heavy atom. The van der Waals surface area contributed by atoms with Gasteiger partial charge in [0.1, 0.15) is 0 Å². The number of benzene rings is 4. The van der Waals surface area contributed by atoms with Crippen molar-refractivity contribution in [2.24, 2.45) is 23.7 Å². The maximum atomic E-state index is 11.3. The Labute approximate surface area is 346 Å². The molecule has 1 spiro atoms. The van der Waals surface area contributed by atoms with Crippen molar-refractivity contribution < 1.29 is 43.8 Å². The summed E-state index contributed by atoms with van der Waals surface area (Å²) >= 11 is 0. The van der Waals surface area contributed by atoms with Gasteiger partial charge in [0.05, 0.1) is 45.1 Å². The Kier molecular flexibility index (Phi) is 14.2. The third kappa shape index (κ3) is 8.52. The predicted octanol–water partition coefficient (Wildman–Crippen LogP) is 7.11. The van der Waals surface area contributed by atoms with Gasteiger partial charge in [-0.15, -0.1) is 0 Å². The van der Waals surface area contributed by atoms with Gasteiger partial charge in [-0.25, -0.2) is 0 Å². The first-order valence-corrected chi connectivity index (χ1v) is 21.4. The molecule has 0 radical (unpaired) electrons. The van der Waals surface area contributed by atoms with Crippen LogP contribution in [-0.4, -0.2) is 74.1 Å². The van der Waals surface area contributed by atoms with Crippen molar-refractivity contribution in [3.05, 3.63) is 82.9 Å². The van der Waals surface area contributed by atoms with E-state index in [1.54, 1.807) is 6.07 Å². The van der Waals surface area contributed by atoms with Crippen LogP contribution in [-0.2, 0) is 10.1 Å². The van der Waals surface area contributed by atoms with Crippen LogP contribution in [0.3, 0.4) is 0 Å². The van der Waals surface area contributed by atoms with Gasteiger partial charge in [0, 0.05) is 0 Å². The average molecular weight is 793 g/mol. The fourth-order valence-corrected chi connectivity index (χ4v) is 7.70. The molecule has 4 aromatic rings. The zero-order valence-electron chi connectivity index (χ0n) is 35.6. The van der Waals surface area contributed by atoms with Crippen LogP contribution in [0.1, 0.15) is 103 Å². The van der Waals surface area contributed by atoms with Crippen molar-refractivity contribution in [2.45, 2.75) is 86.5 Å². The highest BCUT2D eigenvalue weighted by molar-refractivity contribution is 6.60. The molecular formula is C47H62B2O9. The van der Waals surface area contributed by atoms with Gasteiger partial charge < -0.3 is 43.8 Å². The summed E-state index contributed by atoms with van der Waals surface area (Å²) in [6.45, 7) is 19.1. The first-order valence-electron chi connectivity index (χ1n) is 21.4. The highest BCUT2D eigenvalue weighted by atomic mass is 16.5. The number of aliphatic hydroxyl groups excluding tert-OH is 1. The van der Waals surface area contributed by atoms with Gasteiger partial charge in [-0.05, 0) is 103 Å². The fraction of sp³-hybridized carbons (Fsp3) is 0.489. The topological polar surface area (TPSA) is 127 Å². The van der Waals surface area contributed by atoms with Crippen molar-refractivity contribution in [1.29, 1.82) is 0 Å². The Balaban J connectivity index is 1.72. The van der Waals surface area contributed by atoms with Gasteiger partial charge in [0.25, 0.3) is 0 Å². The van der Waals surface area contributed by atoms with E-state index < -0.39 is 19.7 Å². The second-order valence-corrected chi connectivity index (χ2v) is 16.7. The zero-order chi connectivity index (χ0) is 41.7. The molecule has 2 aliphatic rings. The van der Waals surface area contributed by atoms with Gasteiger partial charge in [-0.3, -0.25) is 0 Å². The van der Waals surface area contributed by atoms with E-state index in [1.165, 1.54) is 0 Å². The molecule has 4 aromatic carbocycles. The summed E-state index contributed by atoms with van der Waals surface area (Å²) in [5, 5.41) is 42.0. The minimum atomic E-state index is -1.70. The molecular weight excluding hydrogens is 730 g/mol. The molecule has 58 heavy (non-hydrogen) atoms. The Hall–Kier alpha value is -3.99. The molecule has 4 N–H and O–H groups in total. The largest absolute Gasteiger partial charge is 0.491 e. The van der Waals surface area contributed by atoms with Gasteiger partial charge in [-0.2, -0.15) is 0 Å². The molecule has 0 aromatic heterocycles. The minimum Gasteiger partial charge on any atom is -0.489 e. The van der Waals surface area contributed by atoms with Crippen LogP contribution < -0.4 is 29.9 Å². The maximum Gasteiger partial charge on any atom is 0.491 e. The number of hydrogen-bond donors (Lipinski definition) is 4. The maximum absolute atomic E-state index is 11.3. The molecule has 0 saturated heterocycles. The summed E-state index contributed by atoms with van der Waals surface area (Å²) in [5.74, 6) is 3.85. The molecule has 310 valence electrons. The van der Waals surface area contributed by atoms with E-state index in [2.05, 4.69) is 79.7 Å². The van der Waals surface area contributed by atoms with Gasteiger partial charge in [-0.1, -0.05) is 117 Å². The molecule has 0 fully saturated rings. The molecule has 9 nitrogen and oxygen atoms in total. The van der Waals surface area contributed by atoms with Gasteiger partial charge >= 0.3 is 14.2 Å². The summed E-state index contributed by atoms with van der Waals surface area (Å²) in [5.41, 5.74) is 7.19. The molecule has 0 amide bonds. The van der Waals surface area contributed by atoms with E-state index in [-0.39, 0.29) is 13.2 Å². The Morgan fingerprint density at radius 2 is 0.862 bits per heavy atom. The zero-order valence-corrected chi connectivity index (χ0v) is 35.6. The number of rotatable bonds is 21. The van der Waals surface area contributed by atoms with Crippen molar-refractivity contribution >= 4 is 25.2 Å². The van der Waals surface area contributed by atoms with Gasteiger partial charge in [0.15, 0.2) is 23.0 Å². The number of ether oxygens (including phenoxy) is 4. The van der Waals surface area contributed by atoms with Crippen LogP contribution >= 0.6 is 0 Å². The number of hydrogen-bond acceptors (Lipinski definition) is 9. The first kappa shape index (κ1) is 43.6. The lowest BCUT2D eigenvalue weighted by Gasteiger charge is -2.32. The molecule has 0 heterocycles. The first-order chi connectivity index (χ1) is 27.9. The van der Waals surface area contributed by atoms with Crippen LogP contribution in [0.4, 0.5) is 0 Å². The van der Waals surface area contributed by atoms with Crippen molar-refractivity contribution in [2.75, 3.05) is 39.6 Å². The van der Waals surface area contributed by atoms with Crippen molar-refractivity contribution in [3.63, 3.8) is 0 Å². The lowest BCUT2D eigenvalue weighted by Crippen LogP contribution is -2.36. The summed E-state index contributed by atoms with van der Waals surface area (Å²) in [6, 6.07) is 19.8. The fourth-order valence-electron chi connectivity index (χ4n) is 7.70. The van der Waals surface area contributed by atoms with E-state index in [0.29, 0.717) is 84.0 Å². The summed E-state index contributed by atoms with van der Waals surface area (Å²) in [6.07, 6.45) is 3.86. The van der Waals surface area contributed by atoms with Crippen LogP contribution in [0, 0.1) is 23.7 Å². The Bertz CT molecular complexity index is 1950. The molecule has 0 aliphatic heterocycles. The van der Waals surface area contributed by atoms with E-state index in [9.17, 15) is 20.2 Å². The highest BCUT2D eigenvalue weighted by Crippen LogP contribution is 2.65. The Morgan fingerprint density at radius 1 is 0.500 bits per heavy atom. The monoisotopic (exact) mass is 792 g/mol. The van der Waals surface area contributed by atoms with E-state index in [4.69, 9.17) is 23.6 Å².